The van der Waals surface area contributed by atoms with E-state index in [9.17, 15) is 23.3 Å². The van der Waals surface area contributed by atoms with Gasteiger partial charge in [0.25, 0.3) is 21.6 Å². The first kappa shape index (κ1) is 47.5. The highest BCUT2D eigenvalue weighted by Gasteiger charge is 2.32. The van der Waals surface area contributed by atoms with E-state index >= 15 is 8.78 Å². The van der Waals surface area contributed by atoms with Crippen LogP contribution in [0.25, 0.3) is 16.5 Å². The first-order chi connectivity index (χ1) is 32.6. The van der Waals surface area contributed by atoms with Gasteiger partial charge in [-0.05, 0) is 110 Å². The van der Waals surface area contributed by atoms with E-state index in [0.29, 0.717) is 48.4 Å². The average molecular weight is 973 g/mol. The predicted molar refractivity (Wildman–Crippen MR) is 259 cm³/mol. The van der Waals surface area contributed by atoms with Gasteiger partial charge in [-0.1, -0.05) is 43.2 Å². The maximum Gasteiger partial charge on any atom is 0.293 e. The van der Waals surface area contributed by atoms with Crippen molar-refractivity contribution >= 4 is 61.1 Å². The van der Waals surface area contributed by atoms with E-state index in [4.69, 9.17) is 21.1 Å². The van der Waals surface area contributed by atoms with Crippen molar-refractivity contribution in [1.29, 1.82) is 0 Å². The molecule has 18 heteroatoms. The molecule has 4 aromatic carbocycles. The number of amides is 1. The minimum atomic E-state index is -4.71. The van der Waals surface area contributed by atoms with Crippen LogP contribution in [0.15, 0.2) is 89.5 Å². The van der Waals surface area contributed by atoms with Gasteiger partial charge in [-0.3, -0.25) is 24.7 Å². The number of nitrogens with one attached hydrogen (secondary N) is 3. The minimum absolute atomic E-state index is 0.0457. The lowest BCUT2D eigenvalue weighted by atomic mass is 9.72. The molecule has 68 heavy (non-hydrogen) atoms. The topological polar surface area (TPSA) is 162 Å². The second-order valence-electron chi connectivity index (χ2n) is 19.1. The van der Waals surface area contributed by atoms with E-state index in [0.717, 1.165) is 83.7 Å². The SMILES string of the molecule is CC1(C)CCC(CN2CCN(c3ccc(C(=O)NS(=O)(=O)c4ccc(N[C@H]5CC[C@H](N6CCOCC6)CC5)c([N+](=O)[O-])c4)c(Oc4cc5cc[nH]c5c(F)c4F)c3)CC2)=C(c2ccc(Cl)cc2)C1. The van der Waals surface area contributed by atoms with Gasteiger partial charge in [-0.25, -0.2) is 17.5 Å². The number of nitro benzene ring substituents is 1. The summed E-state index contributed by atoms with van der Waals surface area (Å²) in [6.07, 6.45) is 7.91. The molecular weight excluding hydrogens is 916 g/mol. The fourth-order valence-electron chi connectivity index (χ4n) is 10.1. The van der Waals surface area contributed by atoms with Crippen LogP contribution in [0.5, 0.6) is 11.5 Å². The fraction of sp³-hybridized carbons (Fsp3) is 0.420. The zero-order valence-corrected chi connectivity index (χ0v) is 39.7. The third kappa shape index (κ3) is 10.5. The molecule has 4 aliphatic rings. The third-order valence-electron chi connectivity index (χ3n) is 14.0. The van der Waals surface area contributed by atoms with E-state index in [1.165, 1.54) is 53.2 Å². The number of ether oxygens (including phenoxy) is 2. The Morgan fingerprint density at radius 3 is 2.38 bits per heavy atom. The molecule has 2 saturated heterocycles. The Bertz CT molecular complexity index is 2840. The van der Waals surface area contributed by atoms with Crippen LogP contribution < -0.4 is 19.7 Å². The molecule has 5 aromatic rings. The van der Waals surface area contributed by atoms with E-state index in [1.54, 1.807) is 12.1 Å². The average Bonchev–Trinajstić information content (AvgIpc) is 3.81. The minimum Gasteiger partial charge on any atom is -0.453 e. The van der Waals surface area contributed by atoms with Crippen molar-refractivity contribution < 1.29 is 36.4 Å². The van der Waals surface area contributed by atoms with E-state index in [1.807, 2.05) is 16.9 Å². The number of carbonyl (C=O) groups is 1. The zero-order valence-electron chi connectivity index (χ0n) is 38.2. The molecule has 9 rings (SSSR count). The molecule has 3 heterocycles. The van der Waals surface area contributed by atoms with Crippen molar-refractivity contribution in [2.45, 2.75) is 75.8 Å². The molecule has 1 amide bonds. The highest BCUT2D eigenvalue weighted by molar-refractivity contribution is 7.90. The van der Waals surface area contributed by atoms with E-state index < -0.39 is 48.8 Å². The molecule has 0 atom stereocenters. The first-order valence-corrected chi connectivity index (χ1v) is 25.1. The van der Waals surface area contributed by atoms with Crippen LogP contribution in [0, 0.1) is 27.2 Å². The van der Waals surface area contributed by atoms with Crippen LogP contribution in [0.2, 0.25) is 5.02 Å². The Kier molecular flexibility index (Phi) is 13.8. The molecule has 0 radical (unpaired) electrons. The van der Waals surface area contributed by atoms with Gasteiger partial charge in [-0.15, -0.1) is 0 Å². The maximum absolute atomic E-state index is 15.6. The molecule has 0 spiro atoms. The van der Waals surface area contributed by atoms with Gasteiger partial charge in [0.15, 0.2) is 11.6 Å². The number of morpholine rings is 1. The molecule has 2 aliphatic carbocycles. The van der Waals surface area contributed by atoms with Gasteiger partial charge in [0.2, 0.25) is 5.82 Å². The van der Waals surface area contributed by atoms with Crippen LogP contribution in [0.3, 0.4) is 0 Å². The van der Waals surface area contributed by atoms with Crippen LogP contribution in [-0.4, -0.2) is 105 Å². The number of fused-ring (bicyclic) bond motifs is 1. The predicted octanol–water partition coefficient (Wildman–Crippen LogP) is 9.76. The normalized spacial score (nSPS) is 20.6. The van der Waals surface area contributed by atoms with Crippen LogP contribution >= 0.6 is 11.6 Å². The number of aromatic nitrogens is 1. The molecule has 3 N–H and O–H groups in total. The summed E-state index contributed by atoms with van der Waals surface area (Å²) in [5, 5.41) is 16.6. The summed E-state index contributed by atoms with van der Waals surface area (Å²) in [5.74, 6) is -4.35. The summed E-state index contributed by atoms with van der Waals surface area (Å²) in [4.78, 5) is 34.8. The van der Waals surface area contributed by atoms with Gasteiger partial charge >= 0.3 is 0 Å². The number of halogens is 3. The Hall–Kier alpha value is -5.59. The number of piperazine rings is 1. The van der Waals surface area contributed by atoms with E-state index in [2.05, 4.69) is 51.0 Å². The number of aromatic amines is 1. The molecule has 0 unspecified atom stereocenters. The summed E-state index contributed by atoms with van der Waals surface area (Å²) in [5.41, 5.74) is 4.13. The lowest BCUT2D eigenvalue weighted by molar-refractivity contribution is -0.384. The molecule has 14 nitrogen and oxygen atoms in total. The van der Waals surface area contributed by atoms with Crippen molar-refractivity contribution in [3.63, 3.8) is 0 Å². The van der Waals surface area contributed by atoms with Gasteiger partial charge in [0.05, 0.1) is 34.1 Å². The number of H-pyrrole nitrogens is 1. The fourth-order valence-corrected chi connectivity index (χ4v) is 11.2. The lowest BCUT2D eigenvalue weighted by Crippen LogP contribution is -2.47. The number of nitrogens with zero attached hydrogens (tertiary/aromatic N) is 4. The molecule has 1 aromatic heterocycles. The number of carbonyl (C=O) groups excluding carboxylic acids is 1. The summed E-state index contributed by atoms with van der Waals surface area (Å²) >= 11 is 6.24. The zero-order chi connectivity index (χ0) is 47.7. The third-order valence-corrected chi connectivity index (χ3v) is 15.6. The number of hydrogen-bond acceptors (Lipinski definition) is 11. The summed E-state index contributed by atoms with van der Waals surface area (Å²) in [6.45, 7) is 11.2. The monoisotopic (exact) mass is 971 g/mol. The number of benzene rings is 4. The van der Waals surface area contributed by atoms with Crippen molar-refractivity contribution in [3.8, 4) is 11.5 Å². The van der Waals surface area contributed by atoms with Crippen LogP contribution in [-0.2, 0) is 14.8 Å². The number of allylic oxidation sites excluding steroid dienone is 1. The summed E-state index contributed by atoms with van der Waals surface area (Å²) in [7, 11) is -4.71. The molecular formula is C50H56ClF2N7O7S. The second-order valence-corrected chi connectivity index (χ2v) is 21.2. The number of nitro groups is 1. The lowest BCUT2D eigenvalue weighted by Gasteiger charge is -2.39. The Morgan fingerprint density at radius 1 is 0.926 bits per heavy atom. The second kappa shape index (κ2) is 19.8. The molecule has 0 bridgehead atoms. The molecule has 360 valence electrons. The summed E-state index contributed by atoms with van der Waals surface area (Å²) < 4.78 is 72.0. The molecule has 2 aliphatic heterocycles. The quantitative estimate of drug-likeness (QED) is 0.0761. The van der Waals surface area contributed by atoms with E-state index in [-0.39, 0.29) is 34.0 Å². The number of rotatable bonds is 13. The van der Waals surface area contributed by atoms with Gasteiger partial charge < -0.3 is 24.7 Å². The largest absolute Gasteiger partial charge is 0.453 e. The Balaban J connectivity index is 0.927. The van der Waals surface area contributed by atoms with Gasteiger partial charge in [0, 0.05) is 92.3 Å². The Morgan fingerprint density at radius 2 is 1.66 bits per heavy atom. The van der Waals surface area contributed by atoms with Crippen molar-refractivity contribution in [2.24, 2.45) is 5.41 Å². The van der Waals surface area contributed by atoms with Crippen molar-refractivity contribution in [1.82, 2.24) is 19.5 Å². The van der Waals surface area contributed by atoms with Gasteiger partial charge in [0.1, 0.15) is 11.4 Å². The molecule has 1 saturated carbocycles. The van der Waals surface area contributed by atoms with Crippen LogP contribution in [0.1, 0.15) is 74.7 Å². The highest BCUT2D eigenvalue weighted by atomic mass is 35.5. The number of hydrogen-bond donors (Lipinski definition) is 3. The highest BCUT2D eigenvalue weighted by Crippen LogP contribution is 2.44. The number of sulfonamides is 1. The smallest absolute Gasteiger partial charge is 0.293 e. The maximum atomic E-state index is 15.6. The van der Waals surface area contributed by atoms with Crippen molar-refractivity contribution in [3.05, 3.63) is 122 Å². The molecule has 3 fully saturated rings. The van der Waals surface area contributed by atoms with Crippen molar-refractivity contribution in [2.75, 3.05) is 69.2 Å². The van der Waals surface area contributed by atoms with Crippen LogP contribution in [0.4, 0.5) is 25.8 Å². The number of anilines is 2. The first-order valence-electron chi connectivity index (χ1n) is 23.3. The Labute approximate surface area is 399 Å². The van der Waals surface area contributed by atoms with Gasteiger partial charge in [-0.2, -0.15) is 4.39 Å². The standard InChI is InChI=1S/C50H56ClF2N7O7S/c1-50(2)17-15-34(41(30-50)32-3-5-35(51)6-4-32)31-57-19-21-58(22-20-57)38-11-13-40(44(28-38)67-45-27-33-16-18-54-48(33)47(53)46(45)52)49(61)56-68(64,65)39-12-14-42(43(29-39)60(62)63)55-36-7-9-37(10-8-36)59-23-25-66-26-24-59/h3-6,11-14,16,18,27-29,36-37,54-55H,7-10,15,17,19-26,30-31H2,1-2H3,(H,56,61)/t36-,37-. The summed E-state index contributed by atoms with van der Waals surface area (Å²) in [6, 6.07) is 19.3.